The summed E-state index contributed by atoms with van der Waals surface area (Å²) in [5, 5.41) is 13.4. The van der Waals surface area contributed by atoms with Crippen molar-refractivity contribution in [1.29, 1.82) is 0 Å². The summed E-state index contributed by atoms with van der Waals surface area (Å²) in [4.78, 5) is 29.0. The number of hydrogen-bond acceptors (Lipinski definition) is 7. The first-order valence-electron chi connectivity index (χ1n) is 19.2. The third kappa shape index (κ3) is 14.2. The Morgan fingerprint density at radius 1 is 0.768 bits per heavy atom. The van der Waals surface area contributed by atoms with Gasteiger partial charge in [-0.05, 0) is 67.9 Å². The highest BCUT2D eigenvalue weighted by molar-refractivity contribution is 7.88. The molecule has 0 aliphatic rings. The molecule has 1 amide bonds. The smallest absolute Gasteiger partial charge is 0.297 e. The van der Waals surface area contributed by atoms with Gasteiger partial charge in [0.2, 0.25) is 15.9 Å². The highest BCUT2D eigenvalue weighted by Crippen LogP contribution is 2.35. The third-order valence-electron chi connectivity index (χ3n) is 9.24. The number of nitrogens with zero attached hydrogens (tertiary/aromatic N) is 2. The van der Waals surface area contributed by atoms with Gasteiger partial charge in [-0.1, -0.05) is 118 Å². The number of anilines is 6. The van der Waals surface area contributed by atoms with Crippen LogP contribution in [0.25, 0.3) is 5.69 Å². The Kier molecular flexibility index (Phi) is 18.2. The SMILES string of the molecule is CCCCCCCCCCCCCC(=O)Nc1ccc(Cl)c(Nc2[nH]n(-c3c(Cl)cc(Cl)cc3Cl)c(=O)c2Nc2ccc(N(CC)CCNS(C)(=O)=O)cc2)c1. The molecule has 0 bridgehead atoms. The van der Waals surface area contributed by atoms with Crippen LogP contribution in [0.1, 0.15) is 90.9 Å². The maximum absolute atomic E-state index is 14.1. The molecule has 3 aromatic carbocycles. The zero-order chi connectivity index (χ0) is 40.7. The van der Waals surface area contributed by atoms with E-state index in [1.54, 1.807) is 18.2 Å². The number of unbranched alkanes of at least 4 members (excludes halogenated alkanes) is 10. The lowest BCUT2D eigenvalue weighted by atomic mass is 10.1. The molecule has 16 heteroatoms. The van der Waals surface area contributed by atoms with Gasteiger partial charge in [-0.2, -0.15) is 0 Å². The predicted molar refractivity (Wildman–Crippen MR) is 236 cm³/mol. The lowest BCUT2D eigenvalue weighted by molar-refractivity contribution is -0.116. The number of amides is 1. The number of carbonyl (C=O) groups excluding carboxylic acids is 1. The number of carbonyl (C=O) groups is 1. The molecule has 1 aromatic heterocycles. The zero-order valence-corrected chi connectivity index (χ0v) is 36.1. The molecule has 0 radical (unpaired) electrons. The van der Waals surface area contributed by atoms with Gasteiger partial charge >= 0.3 is 0 Å². The van der Waals surface area contributed by atoms with Crippen molar-refractivity contribution in [2.24, 2.45) is 0 Å². The predicted octanol–water partition coefficient (Wildman–Crippen LogP) is 11.3. The molecule has 0 spiro atoms. The minimum atomic E-state index is -3.31. The maximum Gasteiger partial charge on any atom is 0.297 e. The summed E-state index contributed by atoms with van der Waals surface area (Å²) in [5.41, 5.74) is 2.27. The van der Waals surface area contributed by atoms with E-state index in [2.05, 4.69) is 32.7 Å². The van der Waals surface area contributed by atoms with Gasteiger partial charge < -0.3 is 20.9 Å². The molecule has 0 atom stereocenters. The standard InChI is InChI=1S/C40H53Cl4N7O4S/c1-4-6-7-8-9-10-11-12-13-14-15-16-36(52)46-30-19-22-32(42)35(27-30)48-39-37(40(53)51(49-39)38-33(43)25-28(41)26-34(38)44)47-29-17-20-31(21-18-29)50(5-2)24-23-45-56(3,54)55/h17-22,25-27,45,47-49H,4-16,23-24H2,1-3H3,(H,46,52). The van der Waals surface area contributed by atoms with Crippen molar-refractivity contribution >= 4 is 96.6 Å². The van der Waals surface area contributed by atoms with Crippen LogP contribution in [-0.2, 0) is 14.8 Å². The molecule has 56 heavy (non-hydrogen) atoms. The van der Waals surface area contributed by atoms with Crippen molar-refractivity contribution in [3.05, 3.63) is 85.0 Å². The molecular weight excluding hydrogens is 816 g/mol. The number of rotatable bonds is 24. The van der Waals surface area contributed by atoms with E-state index in [4.69, 9.17) is 46.4 Å². The Morgan fingerprint density at radius 3 is 1.95 bits per heavy atom. The summed E-state index contributed by atoms with van der Waals surface area (Å²) in [6.07, 6.45) is 14.8. The summed E-state index contributed by atoms with van der Waals surface area (Å²) in [6, 6.07) is 15.4. The second-order valence-electron chi connectivity index (χ2n) is 13.8. The van der Waals surface area contributed by atoms with Crippen molar-refractivity contribution in [1.82, 2.24) is 14.5 Å². The lowest BCUT2D eigenvalue weighted by Gasteiger charge is -2.23. The highest BCUT2D eigenvalue weighted by Gasteiger charge is 2.21. The molecule has 0 fully saturated rings. The van der Waals surface area contributed by atoms with Gasteiger partial charge in [0.05, 0.1) is 27.0 Å². The van der Waals surface area contributed by atoms with E-state index in [1.807, 2.05) is 36.1 Å². The molecule has 0 unspecified atom stereocenters. The quantitative estimate of drug-likeness (QED) is 0.0442. The monoisotopic (exact) mass is 867 g/mol. The number of hydrogen-bond donors (Lipinski definition) is 5. The summed E-state index contributed by atoms with van der Waals surface area (Å²) in [6.45, 7) is 5.59. The molecule has 0 aliphatic carbocycles. The van der Waals surface area contributed by atoms with Crippen LogP contribution in [0.2, 0.25) is 20.1 Å². The van der Waals surface area contributed by atoms with Gasteiger partial charge in [-0.25, -0.2) is 17.8 Å². The minimum absolute atomic E-state index is 0.0834. The first-order valence-corrected chi connectivity index (χ1v) is 22.6. The Hall–Kier alpha value is -3.39. The molecule has 0 aliphatic heterocycles. The average Bonchev–Trinajstić information content (AvgIpc) is 3.43. The van der Waals surface area contributed by atoms with Crippen molar-refractivity contribution in [3.8, 4) is 5.69 Å². The summed E-state index contributed by atoms with van der Waals surface area (Å²) in [5.74, 6) is 0.161. The van der Waals surface area contributed by atoms with Gasteiger partial charge in [-0.3, -0.25) is 14.7 Å². The zero-order valence-electron chi connectivity index (χ0n) is 32.3. The van der Waals surface area contributed by atoms with Crippen LogP contribution >= 0.6 is 46.4 Å². The van der Waals surface area contributed by atoms with E-state index in [0.29, 0.717) is 46.6 Å². The minimum Gasteiger partial charge on any atom is -0.370 e. The van der Waals surface area contributed by atoms with E-state index in [9.17, 15) is 18.0 Å². The first-order chi connectivity index (χ1) is 26.8. The van der Waals surface area contributed by atoms with Crippen LogP contribution in [-0.4, -0.2) is 50.0 Å². The van der Waals surface area contributed by atoms with Crippen LogP contribution in [0.3, 0.4) is 0 Å². The normalized spacial score (nSPS) is 11.5. The second kappa shape index (κ2) is 22.5. The Morgan fingerprint density at radius 2 is 1.36 bits per heavy atom. The molecular formula is C40H53Cl4N7O4S. The number of sulfonamides is 1. The van der Waals surface area contributed by atoms with Gasteiger partial charge in [0.15, 0.2) is 5.82 Å². The van der Waals surface area contributed by atoms with Crippen LogP contribution < -0.4 is 31.1 Å². The Bertz CT molecular complexity index is 2030. The van der Waals surface area contributed by atoms with Crippen molar-refractivity contribution in [2.75, 3.05) is 46.7 Å². The van der Waals surface area contributed by atoms with E-state index >= 15 is 0 Å². The van der Waals surface area contributed by atoms with Crippen molar-refractivity contribution in [3.63, 3.8) is 0 Å². The summed E-state index contributed by atoms with van der Waals surface area (Å²) >= 11 is 25.9. The number of aromatic nitrogens is 2. The maximum atomic E-state index is 14.1. The number of halogens is 4. The number of likely N-dealkylation sites (N-methyl/N-ethyl adjacent to an activating group) is 1. The summed E-state index contributed by atoms with van der Waals surface area (Å²) in [7, 11) is -3.31. The number of nitrogens with one attached hydrogen (secondary N) is 5. The van der Waals surface area contributed by atoms with Crippen LogP contribution in [0.4, 0.5) is 34.3 Å². The molecule has 4 rings (SSSR count). The van der Waals surface area contributed by atoms with Crippen LogP contribution in [0, 0.1) is 0 Å². The van der Waals surface area contributed by atoms with E-state index < -0.39 is 15.6 Å². The fourth-order valence-corrected chi connectivity index (χ4v) is 7.90. The Labute approximate surface area is 350 Å². The van der Waals surface area contributed by atoms with E-state index in [0.717, 1.165) is 31.2 Å². The fourth-order valence-electron chi connectivity index (χ4n) is 6.29. The van der Waals surface area contributed by atoms with E-state index in [1.165, 1.54) is 68.2 Å². The molecule has 11 nitrogen and oxygen atoms in total. The Balaban J connectivity index is 1.48. The molecule has 306 valence electrons. The molecule has 0 saturated carbocycles. The first kappa shape index (κ1) is 45.3. The lowest BCUT2D eigenvalue weighted by Crippen LogP contribution is -2.34. The summed E-state index contributed by atoms with van der Waals surface area (Å²) < 4.78 is 26.8. The van der Waals surface area contributed by atoms with Gasteiger partial charge in [-0.15, -0.1) is 0 Å². The van der Waals surface area contributed by atoms with Crippen LogP contribution in [0.5, 0.6) is 0 Å². The molecule has 1 heterocycles. The van der Waals surface area contributed by atoms with Crippen LogP contribution in [0.15, 0.2) is 59.4 Å². The second-order valence-corrected chi connectivity index (χ2v) is 17.3. The van der Waals surface area contributed by atoms with E-state index in [-0.39, 0.29) is 39.7 Å². The topological polar surface area (TPSA) is 140 Å². The van der Waals surface area contributed by atoms with Crippen molar-refractivity contribution < 1.29 is 13.2 Å². The molecule has 0 saturated heterocycles. The highest BCUT2D eigenvalue weighted by atomic mass is 35.5. The average molecular weight is 870 g/mol. The van der Waals surface area contributed by atoms with Crippen molar-refractivity contribution in [2.45, 2.75) is 90.9 Å². The van der Waals surface area contributed by atoms with Gasteiger partial charge in [0.25, 0.3) is 5.56 Å². The number of benzene rings is 3. The number of aromatic amines is 1. The fraction of sp³-hybridized carbons (Fsp3) is 0.450. The largest absolute Gasteiger partial charge is 0.370 e. The molecule has 4 aromatic rings. The van der Waals surface area contributed by atoms with Gasteiger partial charge in [0, 0.05) is 48.1 Å². The third-order valence-corrected chi connectivity index (χ3v) is 11.1. The van der Waals surface area contributed by atoms with Gasteiger partial charge in [0.1, 0.15) is 11.4 Å². The molecule has 5 N–H and O–H groups in total. The number of H-pyrrole nitrogens is 1.